The number of carbonyl (C=O) groups excluding carboxylic acids is 1. The Kier molecular flexibility index (Phi) is 7.65. The van der Waals surface area contributed by atoms with Crippen LogP contribution in [-0.2, 0) is 39.4 Å². The first kappa shape index (κ1) is 27.4. The first-order valence-electron chi connectivity index (χ1n) is 11.6. The Bertz CT molecular complexity index is 1590. The molecule has 3 aromatic carbocycles. The monoisotopic (exact) mass is 561 g/mol. The fourth-order valence-corrected chi connectivity index (χ4v) is 6.13. The molecule has 0 aliphatic carbocycles. The fourth-order valence-electron chi connectivity index (χ4n) is 4.20. The van der Waals surface area contributed by atoms with Crippen molar-refractivity contribution >= 4 is 26.0 Å². The molecule has 4 rings (SSSR count). The van der Waals surface area contributed by atoms with Crippen molar-refractivity contribution in [1.29, 1.82) is 0 Å². The number of sulfonamides is 2. The van der Waals surface area contributed by atoms with Gasteiger partial charge in [-0.15, -0.1) is 0 Å². The van der Waals surface area contributed by atoms with Crippen molar-refractivity contribution in [2.24, 2.45) is 0 Å². The topological polar surface area (TPSA) is 173 Å². The molecular weight excluding hydrogens is 534 g/mol. The minimum Gasteiger partial charge on any atom is -0.504 e. The van der Waals surface area contributed by atoms with Crippen LogP contribution in [0.3, 0.4) is 0 Å². The number of benzene rings is 3. The smallest absolute Gasteiger partial charge is 0.258 e. The number of phenols is 3. The van der Waals surface area contributed by atoms with Crippen LogP contribution in [0.2, 0.25) is 0 Å². The van der Waals surface area contributed by atoms with Crippen LogP contribution < -0.4 is 9.44 Å². The van der Waals surface area contributed by atoms with Gasteiger partial charge in [0.1, 0.15) is 4.90 Å². The summed E-state index contributed by atoms with van der Waals surface area (Å²) in [6.45, 7) is 0.384. The number of aromatic hydroxyl groups is 3. The summed E-state index contributed by atoms with van der Waals surface area (Å²) in [7, 11) is -7.00. The highest BCUT2D eigenvalue weighted by atomic mass is 32.2. The lowest BCUT2D eigenvalue weighted by Gasteiger charge is -2.29. The molecule has 11 nitrogen and oxygen atoms in total. The SMILES string of the molecule is CNS(=O)(=O)c1cc(C(=O)N2CCc3ccc(S(=O)(=O)NCCc4ccccc4)cc3C2)c(O)c(O)c1O. The summed E-state index contributed by atoms with van der Waals surface area (Å²) in [5.74, 6) is -4.00. The highest BCUT2D eigenvalue weighted by Crippen LogP contribution is 2.43. The van der Waals surface area contributed by atoms with Gasteiger partial charge in [-0.2, -0.15) is 0 Å². The zero-order valence-electron chi connectivity index (χ0n) is 20.4. The molecule has 5 N–H and O–H groups in total. The second-order valence-electron chi connectivity index (χ2n) is 8.72. The molecule has 1 aliphatic rings. The number of fused-ring (bicyclic) bond motifs is 1. The lowest BCUT2D eigenvalue weighted by Crippen LogP contribution is -2.36. The zero-order chi connectivity index (χ0) is 27.7. The third-order valence-corrected chi connectivity index (χ3v) is 9.22. The Labute approximate surface area is 220 Å². The van der Waals surface area contributed by atoms with E-state index in [2.05, 4.69) is 4.72 Å². The molecule has 38 heavy (non-hydrogen) atoms. The molecule has 0 spiro atoms. The molecule has 1 heterocycles. The standard InChI is InChI=1S/C25H27N3O8S2/c1-26-38(35,36)21-14-20(22(29)24(31)23(21)30)25(32)28-12-10-17-7-8-19(13-18(17)15-28)37(33,34)27-11-9-16-5-3-2-4-6-16/h2-8,13-14,26-27,29-31H,9-12,15H2,1H3. The summed E-state index contributed by atoms with van der Waals surface area (Å²) in [6.07, 6.45) is 0.900. The minimum absolute atomic E-state index is 0.0171. The lowest BCUT2D eigenvalue weighted by molar-refractivity contribution is 0.0730. The summed E-state index contributed by atoms with van der Waals surface area (Å²) in [5.41, 5.74) is 1.88. The molecule has 0 saturated carbocycles. The molecule has 1 aliphatic heterocycles. The largest absolute Gasteiger partial charge is 0.504 e. The predicted octanol–water partition coefficient (Wildman–Crippen LogP) is 1.43. The van der Waals surface area contributed by atoms with Crippen LogP contribution in [0.15, 0.2) is 64.4 Å². The Morgan fingerprint density at radius 2 is 1.61 bits per heavy atom. The summed E-state index contributed by atoms with van der Waals surface area (Å²) in [5, 5.41) is 30.4. The average Bonchev–Trinajstić information content (AvgIpc) is 2.91. The molecular formula is C25H27N3O8S2. The van der Waals surface area contributed by atoms with E-state index in [9.17, 15) is 36.9 Å². The summed E-state index contributed by atoms with van der Waals surface area (Å²) < 4.78 is 54.8. The van der Waals surface area contributed by atoms with Crippen molar-refractivity contribution in [3.05, 3.63) is 76.9 Å². The molecule has 0 atom stereocenters. The lowest BCUT2D eigenvalue weighted by atomic mass is 9.99. The maximum Gasteiger partial charge on any atom is 0.258 e. The van der Waals surface area contributed by atoms with Gasteiger partial charge in [0.25, 0.3) is 5.91 Å². The number of nitrogens with zero attached hydrogens (tertiary/aromatic N) is 1. The first-order valence-corrected chi connectivity index (χ1v) is 14.6. The Hall–Kier alpha value is -3.65. The molecule has 0 radical (unpaired) electrons. The number of hydrogen-bond donors (Lipinski definition) is 5. The fraction of sp³-hybridized carbons (Fsp3) is 0.240. The summed E-state index contributed by atoms with van der Waals surface area (Å²) in [6, 6.07) is 14.9. The molecule has 3 aromatic rings. The maximum absolute atomic E-state index is 13.2. The molecule has 1 amide bonds. The van der Waals surface area contributed by atoms with Crippen molar-refractivity contribution in [2.75, 3.05) is 20.1 Å². The molecule has 13 heteroatoms. The molecule has 0 unspecified atom stereocenters. The summed E-state index contributed by atoms with van der Waals surface area (Å²) in [4.78, 5) is 13.8. The van der Waals surface area contributed by atoms with Gasteiger partial charge < -0.3 is 20.2 Å². The zero-order valence-corrected chi connectivity index (χ0v) is 22.0. The third-order valence-electron chi connectivity index (χ3n) is 6.34. The van der Waals surface area contributed by atoms with E-state index < -0.39 is 53.7 Å². The number of amides is 1. The third kappa shape index (κ3) is 5.45. The van der Waals surface area contributed by atoms with Gasteiger partial charge in [-0.3, -0.25) is 4.79 Å². The van der Waals surface area contributed by atoms with Crippen LogP contribution in [0.4, 0.5) is 0 Å². The average molecular weight is 562 g/mol. The number of phenolic OH excluding ortho intramolecular Hbond substituents is 3. The Balaban J connectivity index is 1.56. The van der Waals surface area contributed by atoms with Crippen LogP contribution >= 0.6 is 0 Å². The second-order valence-corrected chi connectivity index (χ2v) is 12.3. The van der Waals surface area contributed by atoms with E-state index >= 15 is 0 Å². The maximum atomic E-state index is 13.2. The van der Waals surface area contributed by atoms with Crippen molar-refractivity contribution < 1.29 is 36.9 Å². The number of nitrogens with one attached hydrogen (secondary N) is 2. The highest BCUT2D eigenvalue weighted by Gasteiger charge is 2.31. The predicted molar refractivity (Wildman–Crippen MR) is 138 cm³/mol. The molecule has 0 bridgehead atoms. The van der Waals surface area contributed by atoms with Gasteiger partial charge in [-0.1, -0.05) is 36.4 Å². The number of hydrogen-bond acceptors (Lipinski definition) is 8. The van der Waals surface area contributed by atoms with Crippen LogP contribution in [-0.4, -0.2) is 63.1 Å². The Morgan fingerprint density at radius 1 is 0.895 bits per heavy atom. The van der Waals surface area contributed by atoms with Gasteiger partial charge >= 0.3 is 0 Å². The second kappa shape index (κ2) is 10.6. The van der Waals surface area contributed by atoms with E-state index in [-0.39, 0.29) is 24.5 Å². The molecule has 0 aromatic heterocycles. The minimum atomic E-state index is -4.27. The number of rotatable bonds is 8. The van der Waals surface area contributed by atoms with Crippen LogP contribution in [0.25, 0.3) is 0 Å². The molecule has 202 valence electrons. The van der Waals surface area contributed by atoms with Gasteiger partial charge in [0.2, 0.25) is 25.8 Å². The van der Waals surface area contributed by atoms with Gasteiger partial charge in [0, 0.05) is 19.6 Å². The van der Waals surface area contributed by atoms with E-state index in [0.717, 1.165) is 24.2 Å². The van der Waals surface area contributed by atoms with Crippen LogP contribution in [0, 0.1) is 0 Å². The van der Waals surface area contributed by atoms with Gasteiger partial charge in [-0.05, 0) is 54.8 Å². The van der Waals surface area contributed by atoms with Crippen molar-refractivity contribution in [3.8, 4) is 17.2 Å². The van der Waals surface area contributed by atoms with E-state index in [1.54, 1.807) is 6.07 Å². The van der Waals surface area contributed by atoms with E-state index in [1.807, 2.05) is 35.1 Å². The van der Waals surface area contributed by atoms with Crippen molar-refractivity contribution in [2.45, 2.75) is 29.2 Å². The van der Waals surface area contributed by atoms with Crippen LogP contribution in [0.1, 0.15) is 27.0 Å². The van der Waals surface area contributed by atoms with E-state index in [4.69, 9.17) is 0 Å². The van der Waals surface area contributed by atoms with Gasteiger partial charge in [0.15, 0.2) is 11.5 Å². The van der Waals surface area contributed by atoms with E-state index in [1.165, 1.54) is 17.0 Å². The van der Waals surface area contributed by atoms with E-state index in [0.29, 0.717) is 18.4 Å². The van der Waals surface area contributed by atoms with Crippen molar-refractivity contribution in [3.63, 3.8) is 0 Å². The molecule has 0 fully saturated rings. The summed E-state index contributed by atoms with van der Waals surface area (Å²) >= 11 is 0. The Morgan fingerprint density at radius 3 is 2.29 bits per heavy atom. The molecule has 0 saturated heterocycles. The quantitative estimate of drug-likeness (QED) is 0.257. The normalized spacial score (nSPS) is 13.8. The number of carbonyl (C=O) groups is 1. The van der Waals surface area contributed by atoms with Crippen LogP contribution in [0.5, 0.6) is 17.2 Å². The van der Waals surface area contributed by atoms with Gasteiger partial charge in [-0.25, -0.2) is 26.3 Å². The highest BCUT2D eigenvalue weighted by molar-refractivity contribution is 7.89. The van der Waals surface area contributed by atoms with Crippen molar-refractivity contribution in [1.82, 2.24) is 14.3 Å². The van der Waals surface area contributed by atoms with Gasteiger partial charge in [0.05, 0.1) is 10.5 Å². The first-order chi connectivity index (χ1) is 17.9.